The third-order valence-corrected chi connectivity index (χ3v) is 4.99. The van der Waals surface area contributed by atoms with E-state index >= 15 is 0 Å². The number of H-pyrrole nitrogens is 1. The number of nitrogens with one attached hydrogen (secondary N) is 1. The molecule has 0 saturated heterocycles. The standard InChI is InChI=1S/C26H17N3O5/c27-14-19(25-28-20-8-4-5-9-21(20)29-25)22(30)15-34-26(33)18-12-10-17(11-13-18)24(32)23(31)16-6-2-1-3-7-16/h1-13,30H,15H2,(H,28,29)/b22-19-. The van der Waals surface area contributed by atoms with Crippen LogP contribution in [0.15, 0.2) is 84.6 Å². The largest absolute Gasteiger partial charge is 0.507 e. The molecule has 8 heteroatoms. The predicted molar refractivity (Wildman–Crippen MR) is 123 cm³/mol. The van der Waals surface area contributed by atoms with Crippen LogP contribution in [0, 0.1) is 11.3 Å². The number of imidazole rings is 1. The summed E-state index contributed by atoms with van der Waals surface area (Å²) in [7, 11) is 0. The highest BCUT2D eigenvalue weighted by Gasteiger charge is 2.19. The van der Waals surface area contributed by atoms with Gasteiger partial charge in [-0.25, -0.2) is 9.78 Å². The van der Waals surface area contributed by atoms with Crippen molar-refractivity contribution in [1.82, 2.24) is 9.97 Å². The average molecular weight is 451 g/mol. The number of hydrogen-bond acceptors (Lipinski definition) is 7. The Bertz CT molecular complexity index is 1430. The van der Waals surface area contributed by atoms with Gasteiger partial charge in [-0.05, 0) is 24.3 Å². The number of nitriles is 1. The number of ketones is 2. The monoisotopic (exact) mass is 451 g/mol. The zero-order valence-electron chi connectivity index (χ0n) is 17.7. The molecule has 0 spiro atoms. The van der Waals surface area contributed by atoms with E-state index in [1.165, 1.54) is 24.3 Å². The second-order valence-electron chi connectivity index (χ2n) is 7.21. The fourth-order valence-electron chi connectivity index (χ4n) is 3.22. The van der Waals surface area contributed by atoms with Gasteiger partial charge in [-0.1, -0.05) is 54.6 Å². The zero-order chi connectivity index (χ0) is 24.1. The molecule has 1 aromatic heterocycles. The van der Waals surface area contributed by atoms with Gasteiger partial charge >= 0.3 is 5.97 Å². The van der Waals surface area contributed by atoms with E-state index < -0.39 is 29.9 Å². The van der Waals surface area contributed by atoms with Gasteiger partial charge in [-0.2, -0.15) is 5.26 Å². The van der Waals surface area contributed by atoms with Crippen molar-refractivity contribution in [2.75, 3.05) is 6.61 Å². The number of aromatic nitrogens is 2. The van der Waals surface area contributed by atoms with Crippen LogP contribution in [0.3, 0.4) is 0 Å². The number of aliphatic hydroxyl groups is 1. The number of carbonyl (C=O) groups excluding carboxylic acids is 3. The van der Waals surface area contributed by atoms with Gasteiger partial charge in [0.1, 0.15) is 18.2 Å². The summed E-state index contributed by atoms with van der Waals surface area (Å²) in [5.41, 5.74) is 1.68. The van der Waals surface area contributed by atoms with Crippen LogP contribution in [0.4, 0.5) is 0 Å². The molecule has 0 radical (unpaired) electrons. The van der Waals surface area contributed by atoms with E-state index in [0.29, 0.717) is 11.0 Å². The molecule has 0 fully saturated rings. The molecule has 4 aromatic rings. The van der Waals surface area contributed by atoms with Crippen molar-refractivity contribution in [3.63, 3.8) is 0 Å². The summed E-state index contributed by atoms with van der Waals surface area (Å²) < 4.78 is 5.09. The van der Waals surface area contributed by atoms with E-state index in [0.717, 1.165) is 0 Å². The number of carbonyl (C=O) groups is 3. The first-order valence-electron chi connectivity index (χ1n) is 10.2. The molecule has 0 aliphatic carbocycles. The van der Waals surface area contributed by atoms with Gasteiger partial charge in [0.15, 0.2) is 11.6 Å². The highest BCUT2D eigenvalue weighted by molar-refractivity contribution is 6.49. The topological polar surface area (TPSA) is 133 Å². The number of benzene rings is 3. The summed E-state index contributed by atoms with van der Waals surface area (Å²) in [6, 6.07) is 22.5. The quantitative estimate of drug-likeness (QED) is 0.141. The molecule has 166 valence electrons. The van der Waals surface area contributed by atoms with Crippen molar-refractivity contribution in [1.29, 1.82) is 5.26 Å². The highest BCUT2D eigenvalue weighted by Crippen LogP contribution is 2.19. The number of ether oxygens (including phenoxy) is 1. The van der Waals surface area contributed by atoms with E-state index in [-0.39, 0.29) is 28.1 Å². The maximum atomic E-state index is 12.4. The molecule has 0 aliphatic heterocycles. The lowest BCUT2D eigenvalue weighted by Gasteiger charge is -2.06. The molecule has 2 N–H and O–H groups in total. The van der Waals surface area contributed by atoms with Gasteiger partial charge in [-0.15, -0.1) is 0 Å². The van der Waals surface area contributed by atoms with E-state index in [9.17, 15) is 24.8 Å². The maximum Gasteiger partial charge on any atom is 0.338 e. The number of rotatable bonds is 7. The average Bonchev–Trinajstić information content (AvgIpc) is 3.31. The number of para-hydroxylation sites is 2. The molecule has 3 aromatic carbocycles. The van der Waals surface area contributed by atoms with Crippen molar-refractivity contribution in [3.05, 3.63) is 107 Å². The molecule has 4 rings (SSSR count). The van der Waals surface area contributed by atoms with Crippen molar-refractivity contribution >= 4 is 34.1 Å². The second-order valence-corrected chi connectivity index (χ2v) is 7.21. The first kappa shape index (κ1) is 22.2. The van der Waals surface area contributed by atoms with Crippen molar-refractivity contribution < 1.29 is 24.2 Å². The van der Waals surface area contributed by atoms with Crippen molar-refractivity contribution in [2.24, 2.45) is 0 Å². The van der Waals surface area contributed by atoms with Crippen LogP contribution < -0.4 is 0 Å². The first-order valence-corrected chi connectivity index (χ1v) is 10.2. The van der Waals surface area contributed by atoms with Gasteiger partial charge in [0.25, 0.3) is 0 Å². The second kappa shape index (κ2) is 9.63. The van der Waals surface area contributed by atoms with Crippen LogP contribution in [-0.2, 0) is 4.74 Å². The van der Waals surface area contributed by atoms with Crippen molar-refractivity contribution in [3.8, 4) is 6.07 Å². The number of aliphatic hydroxyl groups excluding tert-OH is 1. The van der Waals surface area contributed by atoms with E-state index in [1.54, 1.807) is 54.6 Å². The number of nitrogens with zero attached hydrogens (tertiary/aromatic N) is 2. The molecule has 0 aliphatic rings. The molecule has 1 heterocycles. The molecule has 0 atom stereocenters. The Kier molecular flexibility index (Phi) is 6.28. The zero-order valence-corrected chi connectivity index (χ0v) is 17.7. The van der Waals surface area contributed by atoms with Crippen LogP contribution in [0.5, 0.6) is 0 Å². The van der Waals surface area contributed by atoms with Gasteiger partial charge in [-0.3, -0.25) is 9.59 Å². The lowest BCUT2D eigenvalue weighted by molar-refractivity contribution is 0.0502. The normalized spacial score (nSPS) is 11.4. The van der Waals surface area contributed by atoms with E-state index in [1.807, 2.05) is 6.07 Å². The summed E-state index contributed by atoms with van der Waals surface area (Å²) in [5.74, 6) is -2.43. The van der Waals surface area contributed by atoms with Crippen molar-refractivity contribution in [2.45, 2.75) is 0 Å². The SMILES string of the molecule is N#C/C(=C(/O)COC(=O)c1ccc(C(=O)C(=O)c2ccccc2)cc1)c1nc2ccccc2[nH]1. The fraction of sp³-hybridized carbons (Fsp3) is 0.0385. The molecule has 8 nitrogen and oxygen atoms in total. The highest BCUT2D eigenvalue weighted by atomic mass is 16.5. The number of fused-ring (bicyclic) bond motifs is 1. The Morgan fingerprint density at radius 1 is 0.853 bits per heavy atom. The minimum Gasteiger partial charge on any atom is -0.507 e. The lowest BCUT2D eigenvalue weighted by Crippen LogP contribution is -2.15. The minimum absolute atomic E-state index is 0.110. The van der Waals surface area contributed by atoms with Gasteiger partial charge in [0, 0.05) is 11.1 Å². The molecule has 0 amide bonds. The Labute approximate surface area is 193 Å². The summed E-state index contributed by atoms with van der Waals surface area (Å²) in [4.78, 5) is 44.3. The Morgan fingerprint density at radius 3 is 2.09 bits per heavy atom. The minimum atomic E-state index is -0.776. The number of Topliss-reactive ketones (excluding diaryl/α,β-unsaturated/α-hetero) is 2. The lowest BCUT2D eigenvalue weighted by atomic mass is 10.0. The molecule has 0 bridgehead atoms. The fourth-order valence-corrected chi connectivity index (χ4v) is 3.22. The molecular weight excluding hydrogens is 434 g/mol. The van der Waals surface area contributed by atoms with Gasteiger partial charge in [0.2, 0.25) is 11.6 Å². The summed E-state index contributed by atoms with van der Waals surface area (Å²) in [5, 5.41) is 19.7. The van der Waals surface area contributed by atoms with E-state index in [2.05, 4.69) is 9.97 Å². The Hall–Kier alpha value is -5.03. The third kappa shape index (κ3) is 4.59. The maximum absolute atomic E-state index is 12.4. The van der Waals surface area contributed by atoms with Crippen LogP contribution >= 0.6 is 0 Å². The number of hydrogen-bond donors (Lipinski definition) is 2. The number of allylic oxidation sites excluding steroid dienone is 1. The number of aromatic amines is 1. The van der Waals surface area contributed by atoms with Crippen LogP contribution in [0.25, 0.3) is 16.6 Å². The summed E-state index contributed by atoms with van der Waals surface area (Å²) in [6.45, 7) is -0.550. The van der Waals surface area contributed by atoms with Crippen LogP contribution in [0.2, 0.25) is 0 Å². The summed E-state index contributed by atoms with van der Waals surface area (Å²) in [6.07, 6.45) is 0. The molecule has 34 heavy (non-hydrogen) atoms. The molecule has 0 unspecified atom stereocenters. The first-order chi connectivity index (χ1) is 16.5. The Morgan fingerprint density at radius 2 is 1.44 bits per heavy atom. The van der Waals surface area contributed by atoms with Crippen LogP contribution in [-0.4, -0.2) is 39.2 Å². The molecular formula is C26H17N3O5. The van der Waals surface area contributed by atoms with Gasteiger partial charge in [0.05, 0.1) is 16.6 Å². The molecule has 0 saturated carbocycles. The Balaban J connectivity index is 1.43. The van der Waals surface area contributed by atoms with E-state index in [4.69, 9.17) is 4.74 Å². The van der Waals surface area contributed by atoms with Gasteiger partial charge < -0.3 is 14.8 Å². The summed E-state index contributed by atoms with van der Waals surface area (Å²) >= 11 is 0. The number of esters is 1. The predicted octanol–water partition coefficient (Wildman–Crippen LogP) is 4.28. The van der Waals surface area contributed by atoms with Crippen LogP contribution in [0.1, 0.15) is 36.9 Å². The third-order valence-electron chi connectivity index (χ3n) is 4.99. The smallest absolute Gasteiger partial charge is 0.338 e.